The van der Waals surface area contributed by atoms with E-state index < -0.39 is 17.9 Å². The molecule has 3 aromatic rings. The van der Waals surface area contributed by atoms with Gasteiger partial charge in [0.05, 0.1) is 30.6 Å². The first kappa shape index (κ1) is 23.3. The van der Waals surface area contributed by atoms with E-state index in [0.29, 0.717) is 14.8 Å². The Balaban J connectivity index is 2.35. The molecule has 0 unspecified atom stereocenters. The summed E-state index contributed by atoms with van der Waals surface area (Å²) in [6.45, 7) is 1.28. The van der Waals surface area contributed by atoms with Crippen molar-refractivity contribution in [1.82, 2.24) is 9.78 Å². The van der Waals surface area contributed by atoms with Gasteiger partial charge in [0, 0.05) is 12.5 Å². The quantitative estimate of drug-likeness (QED) is 0.260. The first-order chi connectivity index (χ1) is 15.3. The second-order valence-corrected chi connectivity index (χ2v) is 7.55. The zero-order valence-corrected chi connectivity index (χ0v) is 19.8. The summed E-state index contributed by atoms with van der Waals surface area (Å²) in [5, 5.41) is 4.54. The van der Waals surface area contributed by atoms with E-state index in [2.05, 4.69) is 5.10 Å². The van der Waals surface area contributed by atoms with Crippen molar-refractivity contribution < 1.29 is 33.3 Å². The molecule has 166 valence electrons. The van der Waals surface area contributed by atoms with E-state index in [1.54, 1.807) is 36.4 Å². The molecule has 3 rings (SSSR count). The SMILES string of the molecule is COC(=O)c1c(-c2cc(I)c(OC(C)=O)c(OC)c2)nn(-c2ccccc2)c1C(=O)OC. The Hall–Kier alpha value is -3.41. The molecule has 0 aliphatic carbocycles. The second-order valence-electron chi connectivity index (χ2n) is 6.39. The van der Waals surface area contributed by atoms with Crippen LogP contribution in [0.4, 0.5) is 0 Å². The van der Waals surface area contributed by atoms with Crippen LogP contribution in [0.5, 0.6) is 11.5 Å². The highest BCUT2D eigenvalue weighted by atomic mass is 127. The molecular formula is C22H19IN2O7. The Morgan fingerprint density at radius 2 is 1.62 bits per heavy atom. The van der Waals surface area contributed by atoms with E-state index >= 15 is 0 Å². The van der Waals surface area contributed by atoms with Crippen molar-refractivity contribution in [2.24, 2.45) is 0 Å². The standard InChI is InChI=1S/C22H19IN2O7/c1-12(26)32-20-15(23)10-13(11-16(20)29-2)18-17(21(27)30-3)19(22(28)31-4)25(24-18)14-8-6-5-7-9-14/h5-11H,1-4H3. The molecule has 0 saturated carbocycles. The van der Waals surface area contributed by atoms with Crippen LogP contribution in [0.3, 0.4) is 0 Å². The largest absolute Gasteiger partial charge is 0.493 e. The number of carbonyl (C=O) groups is 3. The van der Waals surface area contributed by atoms with Crippen molar-refractivity contribution >= 4 is 40.5 Å². The normalized spacial score (nSPS) is 10.4. The number of rotatable bonds is 6. The van der Waals surface area contributed by atoms with Crippen molar-refractivity contribution in [3.63, 3.8) is 0 Å². The Bertz CT molecular complexity index is 1190. The molecule has 0 aliphatic heterocycles. The molecule has 0 amide bonds. The number of carbonyl (C=O) groups excluding carboxylic acids is 3. The summed E-state index contributed by atoms with van der Waals surface area (Å²) in [4.78, 5) is 36.9. The molecule has 0 atom stereocenters. The minimum Gasteiger partial charge on any atom is -0.493 e. The average Bonchev–Trinajstić information content (AvgIpc) is 3.20. The highest BCUT2D eigenvalue weighted by molar-refractivity contribution is 14.1. The topological polar surface area (TPSA) is 106 Å². The molecule has 2 aromatic carbocycles. The summed E-state index contributed by atoms with van der Waals surface area (Å²) in [5.74, 6) is -1.54. The van der Waals surface area contributed by atoms with E-state index in [1.807, 2.05) is 28.7 Å². The lowest BCUT2D eigenvalue weighted by Gasteiger charge is -2.12. The van der Waals surface area contributed by atoms with Crippen LogP contribution < -0.4 is 9.47 Å². The third kappa shape index (κ3) is 4.44. The van der Waals surface area contributed by atoms with Crippen LogP contribution in [0.25, 0.3) is 16.9 Å². The molecule has 0 saturated heterocycles. The molecule has 0 aliphatic rings. The molecule has 0 N–H and O–H groups in total. The average molecular weight is 550 g/mol. The number of aromatic nitrogens is 2. The lowest BCUT2D eigenvalue weighted by atomic mass is 10.0. The fourth-order valence-electron chi connectivity index (χ4n) is 3.06. The van der Waals surface area contributed by atoms with E-state index in [-0.39, 0.29) is 28.5 Å². The van der Waals surface area contributed by atoms with Gasteiger partial charge < -0.3 is 18.9 Å². The van der Waals surface area contributed by atoms with Crippen LogP contribution in [-0.2, 0) is 14.3 Å². The summed E-state index contributed by atoms with van der Waals surface area (Å²) >= 11 is 1.98. The minimum absolute atomic E-state index is 0.0682. The van der Waals surface area contributed by atoms with Crippen molar-refractivity contribution in [2.45, 2.75) is 6.92 Å². The van der Waals surface area contributed by atoms with Gasteiger partial charge in [0.25, 0.3) is 0 Å². The fourth-order valence-corrected chi connectivity index (χ4v) is 3.77. The third-order valence-corrected chi connectivity index (χ3v) is 5.20. The number of nitrogens with zero attached hydrogens (tertiary/aromatic N) is 2. The maximum absolute atomic E-state index is 12.8. The molecular weight excluding hydrogens is 531 g/mol. The number of ether oxygens (including phenoxy) is 4. The van der Waals surface area contributed by atoms with Gasteiger partial charge in [-0.25, -0.2) is 14.3 Å². The van der Waals surface area contributed by atoms with Gasteiger partial charge in [0.2, 0.25) is 0 Å². The maximum Gasteiger partial charge on any atom is 0.357 e. The van der Waals surface area contributed by atoms with Gasteiger partial charge in [0.15, 0.2) is 17.2 Å². The van der Waals surface area contributed by atoms with Crippen LogP contribution in [0.1, 0.15) is 27.8 Å². The smallest absolute Gasteiger partial charge is 0.357 e. The van der Waals surface area contributed by atoms with Crippen LogP contribution in [0, 0.1) is 3.57 Å². The molecule has 0 spiro atoms. The van der Waals surface area contributed by atoms with Crippen LogP contribution in [-0.4, -0.2) is 49.0 Å². The molecule has 0 fully saturated rings. The number of methoxy groups -OCH3 is 3. The summed E-state index contributed by atoms with van der Waals surface area (Å²) in [6.07, 6.45) is 0. The maximum atomic E-state index is 12.8. The van der Waals surface area contributed by atoms with Gasteiger partial charge in [-0.2, -0.15) is 5.10 Å². The predicted octanol–water partition coefficient (Wildman–Crippen LogP) is 3.65. The molecule has 10 heteroatoms. The van der Waals surface area contributed by atoms with Crippen molar-refractivity contribution in [3.8, 4) is 28.4 Å². The van der Waals surface area contributed by atoms with Gasteiger partial charge in [-0.3, -0.25) is 4.79 Å². The third-order valence-electron chi connectivity index (χ3n) is 4.40. The number of hydrogen-bond acceptors (Lipinski definition) is 8. The van der Waals surface area contributed by atoms with Crippen LogP contribution >= 0.6 is 22.6 Å². The number of hydrogen-bond donors (Lipinski definition) is 0. The van der Waals surface area contributed by atoms with Gasteiger partial charge in [-0.05, 0) is 46.9 Å². The number of halogens is 1. The Kier molecular flexibility index (Phi) is 7.13. The first-order valence-corrected chi connectivity index (χ1v) is 10.3. The number of esters is 3. The summed E-state index contributed by atoms with van der Waals surface area (Å²) < 4.78 is 22.4. The molecule has 9 nitrogen and oxygen atoms in total. The van der Waals surface area contributed by atoms with Crippen molar-refractivity contribution in [2.75, 3.05) is 21.3 Å². The van der Waals surface area contributed by atoms with E-state index in [9.17, 15) is 14.4 Å². The zero-order valence-electron chi connectivity index (χ0n) is 17.7. The lowest BCUT2D eigenvalue weighted by molar-refractivity contribution is -0.132. The lowest BCUT2D eigenvalue weighted by Crippen LogP contribution is -2.15. The second kappa shape index (κ2) is 9.81. The monoisotopic (exact) mass is 550 g/mol. The van der Waals surface area contributed by atoms with Gasteiger partial charge in [0.1, 0.15) is 11.3 Å². The van der Waals surface area contributed by atoms with Crippen molar-refractivity contribution in [3.05, 3.63) is 57.3 Å². The highest BCUT2D eigenvalue weighted by Gasteiger charge is 2.32. The minimum atomic E-state index is -0.763. The number of benzene rings is 2. The molecule has 0 bridgehead atoms. The van der Waals surface area contributed by atoms with Gasteiger partial charge >= 0.3 is 17.9 Å². The molecule has 1 aromatic heterocycles. The van der Waals surface area contributed by atoms with E-state index in [4.69, 9.17) is 18.9 Å². The molecule has 0 radical (unpaired) electrons. The first-order valence-electron chi connectivity index (χ1n) is 9.23. The van der Waals surface area contributed by atoms with Gasteiger partial charge in [-0.15, -0.1) is 0 Å². The Morgan fingerprint density at radius 3 is 2.19 bits per heavy atom. The van der Waals surface area contributed by atoms with Crippen LogP contribution in [0.2, 0.25) is 0 Å². The van der Waals surface area contributed by atoms with Crippen LogP contribution in [0.15, 0.2) is 42.5 Å². The van der Waals surface area contributed by atoms with Gasteiger partial charge in [-0.1, -0.05) is 18.2 Å². The van der Waals surface area contributed by atoms with E-state index in [1.165, 1.54) is 32.9 Å². The Morgan fingerprint density at radius 1 is 0.969 bits per heavy atom. The fraction of sp³-hybridized carbons (Fsp3) is 0.182. The highest BCUT2D eigenvalue weighted by Crippen LogP contribution is 2.39. The summed E-state index contributed by atoms with van der Waals surface area (Å²) in [7, 11) is 3.85. The zero-order chi connectivity index (χ0) is 23.4. The summed E-state index contributed by atoms with van der Waals surface area (Å²) in [6, 6.07) is 12.0. The predicted molar refractivity (Wildman–Crippen MR) is 122 cm³/mol. The van der Waals surface area contributed by atoms with E-state index in [0.717, 1.165) is 0 Å². The Labute approximate surface area is 197 Å². The summed E-state index contributed by atoms with van der Waals surface area (Å²) in [5.41, 5.74) is 1.01. The molecule has 1 heterocycles. The number of para-hydroxylation sites is 1. The molecule has 32 heavy (non-hydrogen) atoms. The van der Waals surface area contributed by atoms with Crippen molar-refractivity contribution in [1.29, 1.82) is 0 Å².